The van der Waals surface area contributed by atoms with Crippen LogP contribution in [0.5, 0.6) is 0 Å². The molecule has 0 amide bonds. The van der Waals surface area contributed by atoms with Crippen molar-refractivity contribution >= 4 is 5.69 Å². The summed E-state index contributed by atoms with van der Waals surface area (Å²) in [5.41, 5.74) is 1.21. The Hall–Kier alpha value is -0.800. The highest BCUT2D eigenvalue weighted by Gasteiger charge is 2.01. The number of halogens is 1. The second-order valence-corrected chi connectivity index (χ2v) is 4.56. The van der Waals surface area contributed by atoms with E-state index in [9.17, 15) is 0 Å². The molecule has 1 heterocycles. The van der Waals surface area contributed by atoms with Gasteiger partial charge in [-0.05, 0) is 6.42 Å². The van der Waals surface area contributed by atoms with Crippen LogP contribution >= 0.6 is 0 Å². The summed E-state index contributed by atoms with van der Waals surface area (Å²) in [6, 6.07) is 4.20. The van der Waals surface area contributed by atoms with Gasteiger partial charge >= 0.3 is 0 Å². The van der Waals surface area contributed by atoms with Crippen LogP contribution in [-0.2, 0) is 11.5 Å². The summed E-state index contributed by atoms with van der Waals surface area (Å²) in [5.74, 6) is 0. The number of pyridine rings is 1. The monoisotopic (exact) mass is 272 g/mol. The first kappa shape index (κ1) is 17.2. The lowest BCUT2D eigenvalue weighted by molar-refractivity contribution is -0.732. The third kappa shape index (κ3) is 6.82. The van der Waals surface area contributed by atoms with Gasteiger partial charge in [-0.2, -0.15) is 4.57 Å². The Morgan fingerprint density at radius 1 is 1.11 bits per heavy atom. The minimum absolute atomic E-state index is 0. The van der Waals surface area contributed by atoms with E-state index in [0.29, 0.717) is 6.73 Å². The van der Waals surface area contributed by atoms with Crippen LogP contribution in [0.25, 0.3) is 0 Å². The lowest BCUT2D eigenvalue weighted by atomic mass is 10.2. The van der Waals surface area contributed by atoms with Crippen molar-refractivity contribution in [2.24, 2.45) is 0 Å². The zero-order chi connectivity index (χ0) is 12.5. The number of hydrogen-bond acceptors (Lipinski definition) is 2. The predicted octanol–water partition coefficient (Wildman–Crippen LogP) is -0.401. The lowest BCUT2D eigenvalue weighted by Gasteiger charge is -2.10. The van der Waals surface area contributed by atoms with Crippen molar-refractivity contribution in [3.05, 3.63) is 24.5 Å². The van der Waals surface area contributed by atoms with E-state index in [4.69, 9.17) is 4.74 Å². The second-order valence-electron chi connectivity index (χ2n) is 4.56. The third-order valence-electron chi connectivity index (χ3n) is 2.77. The molecule has 1 aromatic heterocycles. The van der Waals surface area contributed by atoms with Gasteiger partial charge in [0.05, 0.1) is 6.61 Å². The van der Waals surface area contributed by atoms with E-state index in [1.165, 1.54) is 31.4 Å². The van der Waals surface area contributed by atoms with Crippen molar-refractivity contribution in [2.45, 2.75) is 39.3 Å². The molecular weight excluding hydrogens is 248 g/mol. The number of nitrogens with zero attached hydrogens (tertiary/aromatic N) is 2. The Bertz CT molecular complexity index is 301. The lowest BCUT2D eigenvalue weighted by Crippen LogP contribution is -3.00. The van der Waals surface area contributed by atoms with Crippen LogP contribution in [0.3, 0.4) is 0 Å². The second kappa shape index (κ2) is 10.2. The van der Waals surface area contributed by atoms with Gasteiger partial charge in [0.1, 0.15) is 0 Å². The fraction of sp³-hybridized carbons (Fsp3) is 0.643. The molecule has 0 radical (unpaired) electrons. The van der Waals surface area contributed by atoms with Crippen LogP contribution < -0.4 is 21.9 Å². The van der Waals surface area contributed by atoms with Crippen LogP contribution in [-0.4, -0.2) is 20.7 Å². The summed E-state index contributed by atoms with van der Waals surface area (Å²) >= 11 is 0. The van der Waals surface area contributed by atoms with Crippen molar-refractivity contribution < 1.29 is 21.7 Å². The van der Waals surface area contributed by atoms with Crippen molar-refractivity contribution in [2.75, 3.05) is 25.6 Å². The molecule has 0 aliphatic carbocycles. The van der Waals surface area contributed by atoms with E-state index in [1.54, 1.807) is 0 Å². The standard InChI is InChI=1S/C14H25N2O.ClH/c1-4-5-6-7-12-17-13-16-10-8-14(9-11-16)15(2)3;/h8-11H,4-7,12-13H2,1-3H3;1H/q+1;/p-1. The molecule has 0 unspecified atom stereocenters. The predicted molar refractivity (Wildman–Crippen MR) is 71.1 cm³/mol. The molecule has 0 atom stereocenters. The van der Waals surface area contributed by atoms with Gasteiger partial charge in [-0.15, -0.1) is 0 Å². The highest BCUT2D eigenvalue weighted by atomic mass is 35.5. The SMILES string of the molecule is CCCCCCOC[n+]1ccc(N(C)C)cc1.[Cl-]. The summed E-state index contributed by atoms with van der Waals surface area (Å²) in [6.45, 7) is 3.74. The van der Waals surface area contributed by atoms with Crippen LogP contribution in [0.4, 0.5) is 5.69 Å². The molecule has 104 valence electrons. The van der Waals surface area contributed by atoms with Crippen molar-refractivity contribution in [1.29, 1.82) is 0 Å². The fourth-order valence-electron chi connectivity index (χ4n) is 1.63. The number of rotatable bonds is 8. The molecule has 0 spiro atoms. The highest BCUT2D eigenvalue weighted by Crippen LogP contribution is 2.05. The average Bonchev–Trinajstić information content (AvgIpc) is 2.34. The molecule has 0 aromatic carbocycles. The number of anilines is 1. The smallest absolute Gasteiger partial charge is 0.252 e. The minimum Gasteiger partial charge on any atom is -1.00 e. The summed E-state index contributed by atoms with van der Waals surface area (Å²) in [4.78, 5) is 2.09. The van der Waals surface area contributed by atoms with E-state index in [-0.39, 0.29) is 12.4 Å². The fourth-order valence-corrected chi connectivity index (χ4v) is 1.63. The molecule has 4 heteroatoms. The molecule has 0 saturated carbocycles. The molecule has 0 bridgehead atoms. The summed E-state index contributed by atoms with van der Waals surface area (Å²) in [7, 11) is 4.09. The largest absolute Gasteiger partial charge is 1.00 e. The van der Waals surface area contributed by atoms with Crippen molar-refractivity contribution in [3.8, 4) is 0 Å². The van der Waals surface area contributed by atoms with Gasteiger partial charge < -0.3 is 22.0 Å². The number of ether oxygens (including phenoxy) is 1. The normalized spacial score (nSPS) is 9.94. The van der Waals surface area contributed by atoms with Gasteiger partial charge in [-0.3, -0.25) is 0 Å². The van der Waals surface area contributed by atoms with Crippen LogP contribution in [0.2, 0.25) is 0 Å². The molecule has 0 fully saturated rings. The first-order chi connectivity index (χ1) is 8.24. The molecule has 0 saturated heterocycles. The van der Waals surface area contributed by atoms with E-state index >= 15 is 0 Å². The van der Waals surface area contributed by atoms with Crippen molar-refractivity contribution in [3.63, 3.8) is 0 Å². The average molecular weight is 273 g/mol. The van der Waals surface area contributed by atoms with Crippen molar-refractivity contribution in [1.82, 2.24) is 0 Å². The van der Waals surface area contributed by atoms with Gasteiger partial charge in [0, 0.05) is 31.9 Å². The summed E-state index contributed by atoms with van der Waals surface area (Å²) in [5, 5.41) is 0. The van der Waals surface area contributed by atoms with E-state index in [1.807, 2.05) is 14.1 Å². The maximum absolute atomic E-state index is 5.62. The van der Waals surface area contributed by atoms with Gasteiger partial charge in [-0.25, -0.2) is 0 Å². The summed E-state index contributed by atoms with van der Waals surface area (Å²) < 4.78 is 7.68. The molecule has 1 rings (SSSR count). The molecule has 0 aliphatic rings. The van der Waals surface area contributed by atoms with E-state index in [2.05, 4.69) is 40.9 Å². The molecule has 0 aliphatic heterocycles. The topological polar surface area (TPSA) is 16.4 Å². The maximum atomic E-state index is 5.62. The molecule has 18 heavy (non-hydrogen) atoms. The number of hydrogen-bond donors (Lipinski definition) is 0. The first-order valence-electron chi connectivity index (χ1n) is 6.48. The molecule has 3 nitrogen and oxygen atoms in total. The first-order valence-corrected chi connectivity index (χ1v) is 6.48. The van der Waals surface area contributed by atoms with Gasteiger partial charge in [0.25, 0.3) is 6.73 Å². The Morgan fingerprint density at radius 2 is 1.78 bits per heavy atom. The van der Waals surface area contributed by atoms with Gasteiger partial charge in [-0.1, -0.05) is 26.2 Å². The Balaban J connectivity index is 0.00000289. The van der Waals surface area contributed by atoms with E-state index < -0.39 is 0 Å². The van der Waals surface area contributed by atoms with Gasteiger partial charge in [0.15, 0.2) is 12.4 Å². The number of unbranched alkanes of at least 4 members (excludes halogenated alkanes) is 3. The molecule has 0 N–H and O–H groups in total. The number of aromatic nitrogens is 1. The van der Waals surface area contributed by atoms with Crippen LogP contribution in [0, 0.1) is 0 Å². The molecular formula is C14H25ClN2O. The van der Waals surface area contributed by atoms with Crippen LogP contribution in [0.15, 0.2) is 24.5 Å². The highest BCUT2D eigenvalue weighted by molar-refractivity contribution is 5.41. The zero-order valence-electron chi connectivity index (χ0n) is 11.7. The minimum atomic E-state index is 0. The Morgan fingerprint density at radius 3 is 2.33 bits per heavy atom. The Labute approximate surface area is 117 Å². The van der Waals surface area contributed by atoms with E-state index in [0.717, 1.165) is 6.61 Å². The maximum Gasteiger partial charge on any atom is 0.252 e. The molecule has 1 aromatic rings. The van der Waals surface area contributed by atoms with Crippen LogP contribution in [0.1, 0.15) is 32.6 Å². The summed E-state index contributed by atoms with van der Waals surface area (Å²) in [6.07, 6.45) is 9.16. The van der Waals surface area contributed by atoms with Gasteiger partial charge in [0.2, 0.25) is 0 Å². The quantitative estimate of drug-likeness (QED) is 0.473. The zero-order valence-corrected chi connectivity index (χ0v) is 12.5. The third-order valence-corrected chi connectivity index (χ3v) is 2.77. The Kier molecular flexibility index (Phi) is 9.70.